The Morgan fingerprint density at radius 1 is 1.32 bits per heavy atom. The van der Waals surface area contributed by atoms with Gasteiger partial charge in [-0.1, -0.05) is 60.4 Å². The molecule has 1 aromatic carbocycles. The molecule has 0 saturated carbocycles. The zero-order chi connectivity index (χ0) is 23.0. The molecule has 1 aliphatic rings. The molecule has 1 aromatic rings. The van der Waals surface area contributed by atoms with Crippen molar-refractivity contribution in [3.8, 4) is 0 Å². The maximum Gasteiger partial charge on any atom is 0.311 e. The summed E-state index contributed by atoms with van der Waals surface area (Å²) < 4.78 is 5.82. The van der Waals surface area contributed by atoms with Crippen LogP contribution in [-0.4, -0.2) is 44.7 Å². The van der Waals surface area contributed by atoms with Crippen molar-refractivity contribution in [1.29, 1.82) is 0 Å². The number of carbonyl (C=O) groups excluding carboxylic acids is 2. The number of carbonyl (C=O) groups is 2. The average molecular weight is 464 g/mol. The standard InChI is InChI=1S/C24H33NO4S2/c1-5-11-18(20(26)14-9-10-15-29-22(28)24(2,3)4)21(27)25-19(16-31-23(25)30)17-12-7-6-8-13-17/h5-8,12-13,18-20,26H,1,9-11,14-16H2,2-4H3/t18-,19+,20+/m0/s1. The lowest BCUT2D eigenvalue weighted by atomic mass is 9.92. The van der Waals surface area contributed by atoms with E-state index < -0.39 is 17.4 Å². The molecule has 5 nitrogen and oxygen atoms in total. The van der Waals surface area contributed by atoms with Crippen molar-refractivity contribution in [2.75, 3.05) is 12.4 Å². The number of thioether (sulfide) groups is 1. The summed E-state index contributed by atoms with van der Waals surface area (Å²) in [6.45, 7) is 9.52. The Morgan fingerprint density at radius 2 is 2.00 bits per heavy atom. The number of benzene rings is 1. The van der Waals surface area contributed by atoms with Gasteiger partial charge in [-0.05, 0) is 52.0 Å². The van der Waals surface area contributed by atoms with Crippen LogP contribution in [0, 0.1) is 11.3 Å². The Morgan fingerprint density at radius 3 is 2.61 bits per heavy atom. The molecule has 0 aliphatic carbocycles. The van der Waals surface area contributed by atoms with Gasteiger partial charge >= 0.3 is 5.97 Å². The maximum atomic E-state index is 13.4. The number of hydrogen-bond acceptors (Lipinski definition) is 6. The Bertz CT molecular complexity index is 776. The molecule has 0 unspecified atom stereocenters. The molecule has 0 spiro atoms. The molecule has 2 rings (SSSR count). The fourth-order valence-electron chi connectivity index (χ4n) is 3.40. The quantitative estimate of drug-likeness (QED) is 0.230. The lowest BCUT2D eigenvalue weighted by Gasteiger charge is -2.30. The van der Waals surface area contributed by atoms with E-state index in [0.29, 0.717) is 42.4 Å². The van der Waals surface area contributed by atoms with Crippen molar-refractivity contribution < 1.29 is 19.4 Å². The van der Waals surface area contributed by atoms with E-state index in [1.165, 1.54) is 11.8 Å². The molecule has 0 aromatic heterocycles. The van der Waals surface area contributed by atoms with Crippen molar-refractivity contribution in [3.05, 3.63) is 48.6 Å². The number of amides is 1. The molecular weight excluding hydrogens is 430 g/mol. The van der Waals surface area contributed by atoms with Gasteiger partial charge in [0.1, 0.15) is 4.32 Å². The number of aliphatic hydroxyl groups excluding tert-OH is 1. The van der Waals surface area contributed by atoms with Gasteiger partial charge in [0.05, 0.1) is 30.1 Å². The Hall–Kier alpha value is -1.70. The van der Waals surface area contributed by atoms with Crippen molar-refractivity contribution in [2.45, 2.75) is 58.6 Å². The number of allylic oxidation sites excluding steroid dienone is 1. The normalized spacial score (nSPS) is 18.5. The minimum Gasteiger partial charge on any atom is -0.465 e. The second kappa shape index (κ2) is 11.8. The number of aliphatic hydroxyl groups is 1. The Balaban J connectivity index is 1.96. The van der Waals surface area contributed by atoms with Gasteiger partial charge in [-0.3, -0.25) is 14.5 Å². The average Bonchev–Trinajstić information content (AvgIpc) is 3.12. The fourth-order valence-corrected chi connectivity index (χ4v) is 4.82. The largest absolute Gasteiger partial charge is 0.465 e. The number of esters is 1. The monoisotopic (exact) mass is 463 g/mol. The van der Waals surface area contributed by atoms with E-state index in [9.17, 15) is 14.7 Å². The first-order valence-corrected chi connectivity index (χ1v) is 12.1. The summed E-state index contributed by atoms with van der Waals surface area (Å²) >= 11 is 6.97. The van der Waals surface area contributed by atoms with Crippen LogP contribution >= 0.6 is 24.0 Å². The van der Waals surface area contributed by atoms with Gasteiger partial charge in [0.25, 0.3) is 0 Å². The zero-order valence-corrected chi connectivity index (χ0v) is 20.2. The summed E-state index contributed by atoms with van der Waals surface area (Å²) in [6, 6.07) is 9.72. The van der Waals surface area contributed by atoms with Crippen molar-refractivity contribution in [1.82, 2.24) is 4.90 Å². The minimum atomic E-state index is -0.811. The van der Waals surface area contributed by atoms with Crippen LogP contribution < -0.4 is 0 Å². The fraction of sp³-hybridized carbons (Fsp3) is 0.542. The van der Waals surface area contributed by atoms with E-state index in [2.05, 4.69) is 6.58 Å². The first kappa shape index (κ1) is 25.6. The number of hydrogen-bond donors (Lipinski definition) is 1. The Kier molecular flexibility index (Phi) is 9.72. The molecule has 31 heavy (non-hydrogen) atoms. The second-order valence-electron chi connectivity index (χ2n) is 8.79. The van der Waals surface area contributed by atoms with Crippen LogP contribution in [0.1, 0.15) is 58.1 Å². The first-order chi connectivity index (χ1) is 14.7. The van der Waals surface area contributed by atoms with E-state index in [1.807, 2.05) is 51.1 Å². The highest BCUT2D eigenvalue weighted by atomic mass is 32.2. The van der Waals surface area contributed by atoms with Crippen LogP contribution in [0.15, 0.2) is 43.0 Å². The van der Waals surface area contributed by atoms with Gasteiger partial charge in [0.2, 0.25) is 5.91 Å². The topological polar surface area (TPSA) is 66.8 Å². The second-order valence-corrected chi connectivity index (χ2v) is 10.4. The van der Waals surface area contributed by atoms with E-state index in [1.54, 1.807) is 11.0 Å². The van der Waals surface area contributed by atoms with Crippen molar-refractivity contribution in [3.63, 3.8) is 0 Å². The van der Waals surface area contributed by atoms with Gasteiger partial charge in [0.15, 0.2) is 0 Å². The van der Waals surface area contributed by atoms with Gasteiger partial charge in [-0.15, -0.1) is 6.58 Å². The Labute approximate surface area is 195 Å². The van der Waals surface area contributed by atoms with Crippen molar-refractivity contribution in [2.24, 2.45) is 11.3 Å². The molecule has 1 fully saturated rings. The summed E-state index contributed by atoms with van der Waals surface area (Å²) in [6.07, 6.45) is 2.97. The highest BCUT2D eigenvalue weighted by Gasteiger charge is 2.39. The maximum absolute atomic E-state index is 13.4. The van der Waals surface area contributed by atoms with Crippen LogP contribution in [0.25, 0.3) is 0 Å². The van der Waals surface area contributed by atoms with Gasteiger partial charge in [-0.2, -0.15) is 0 Å². The predicted octanol–water partition coefficient (Wildman–Crippen LogP) is 4.90. The van der Waals surface area contributed by atoms with E-state index >= 15 is 0 Å². The smallest absolute Gasteiger partial charge is 0.311 e. The van der Waals surface area contributed by atoms with E-state index in [-0.39, 0.29) is 17.9 Å². The number of rotatable bonds is 10. The van der Waals surface area contributed by atoms with E-state index in [4.69, 9.17) is 17.0 Å². The summed E-state index contributed by atoms with van der Waals surface area (Å²) in [5, 5.41) is 10.8. The molecule has 7 heteroatoms. The van der Waals surface area contributed by atoms with Gasteiger partial charge in [-0.25, -0.2) is 0 Å². The lowest BCUT2D eigenvalue weighted by Crippen LogP contribution is -2.42. The molecular formula is C24H33NO4S2. The third-order valence-electron chi connectivity index (χ3n) is 5.24. The van der Waals surface area contributed by atoms with Crippen LogP contribution in [0.4, 0.5) is 0 Å². The van der Waals surface area contributed by atoms with Crippen molar-refractivity contribution >= 4 is 40.2 Å². The number of thiocarbonyl (C=S) groups is 1. The molecule has 0 radical (unpaired) electrons. The van der Waals surface area contributed by atoms with E-state index in [0.717, 1.165) is 5.56 Å². The summed E-state index contributed by atoms with van der Waals surface area (Å²) in [5.74, 6) is -0.280. The zero-order valence-electron chi connectivity index (χ0n) is 18.6. The van der Waals surface area contributed by atoms with Crippen LogP contribution in [0.3, 0.4) is 0 Å². The molecule has 1 heterocycles. The number of unbranched alkanes of at least 4 members (excludes halogenated alkanes) is 1. The highest BCUT2D eigenvalue weighted by Crippen LogP contribution is 2.37. The minimum absolute atomic E-state index is 0.123. The lowest BCUT2D eigenvalue weighted by molar-refractivity contribution is -0.153. The predicted molar refractivity (Wildman–Crippen MR) is 130 cm³/mol. The number of ether oxygens (including phenoxy) is 1. The molecule has 0 bridgehead atoms. The van der Waals surface area contributed by atoms with Crippen LogP contribution in [0.5, 0.6) is 0 Å². The summed E-state index contributed by atoms with van der Waals surface area (Å²) in [5.41, 5.74) is 0.512. The molecule has 1 aliphatic heterocycles. The summed E-state index contributed by atoms with van der Waals surface area (Å²) in [4.78, 5) is 26.9. The first-order valence-electron chi connectivity index (χ1n) is 10.7. The third kappa shape index (κ3) is 7.16. The van der Waals surface area contributed by atoms with Gasteiger partial charge in [0, 0.05) is 5.75 Å². The van der Waals surface area contributed by atoms with Gasteiger partial charge < -0.3 is 9.84 Å². The highest BCUT2D eigenvalue weighted by molar-refractivity contribution is 8.23. The number of nitrogens with zero attached hydrogens (tertiary/aromatic N) is 1. The molecule has 3 atom stereocenters. The molecule has 1 N–H and O–H groups in total. The molecule has 1 amide bonds. The summed E-state index contributed by atoms with van der Waals surface area (Å²) in [7, 11) is 0. The SMILES string of the molecule is C=CC[C@H](C(=O)N1C(=S)SC[C@@H]1c1ccccc1)[C@H](O)CCCCOC(=O)C(C)(C)C. The molecule has 1 saturated heterocycles. The van der Waals surface area contributed by atoms with Crippen LogP contribution in [-0.2, 0) is 14.3 Å². The third-order valence-corrected chi connectivity index (χ3v) is 6.71. The van der Waals surface area contributed by atoms with Crippen LogP contribution in [0.2, 0.25) is 0 Å². The molecule has 170 valence electrons.